The zero-order chi connectivity index (χ0) is 12.0. The molecule has 0 unspecified atom stereocenters. The van der Waals surface area contributed by atoms with Gasteiger partial charge in [-0.1, -0.05) is 0 Å². The number of hydrogen-bond donors (Lipinski definition) is 1. The molecule has 0 bridgehead atoms. The van der Waals surface area contributed by atoms with Crippen LogP contribution < -0.4 is 0 Å². The number of unbranched alkanes of at least 4 members (excludes halogenated alkanes) is 1. The van der Waals surface area contributed by atoms with Crippen molar-refractivity contribution < 1.29 is 9.90 Å². The first-order valence-electron chi connectivity index (χ1n) is 5.21. The van der Waals surface area contributed by atoms with E-state index < -0.39 is 5.97 Å². The van der Waals surface area contributed by atoms with Crippen LogP contribution in [0.15, 0.2) is 15.9 Å². The number of rotatable bonds is 7. The summed E-state index contributed by atoms with van der Waals surface area (Å²) in [5.74, 6) is -0.704. The summed E-state index contributed by atoms with van der Waals surface area (Å²) in [5.41, 5.74) is 0. The van der Waals surface area contributed by atoms with Crippen molar-refractivity contribution in [3.63, 3.8) is 0 Å². The lowest BCUT2D eigenvalue weighted by molar-refractivity contribution is -0.137. The Hall–Kier alpha value is -0.100. The second-order valence-corrected chi connectivity index (χ2v) is 5.73. The summed E-state index contributed by atoms with van der Waals surface area (Å²) in [5, 5.41) is 10.6. The SMILES string of the molecule is CN(CCCCC(=O)O)Cc1cc(Br)cs1.Cl. The molecule has 0 aliphatic heterocycles. The summed E-state index contributed by atoms with van der Waals surface area (Å²) in [6, 6.07) is 2.12. The predicted octanol–water partition coefficient (Wildman–Crippen LogP) is 3.62. The van der Waals surface area contributed by atoms with E-state index in [9.17, 15) is 4.79 Å². The highest BCUT2D eigenvalue weighted by Crippen LogP contribution is 2.20. The van der Waals surface area contributed by atoms with Crippen LogP contribution in [0.4, 0.5) is 0 Å². The maximum Gasteiger partial charge on any atom is 0.303 e. The highest BCUT2D eigenvalue weighted by atomic mass is 79.9. The molecule has 1 N–H and O–H groups in total. The molecular formula is C11H17BrClNO2S. The van der Waals surface area contributed by atoms with E-state index in [2.05, 4.69) is 39.3 Å². The first-order valence-corrected chi connectivity index (χ1v) is 6.88. The fourth-order valence-corrected chi connectivity index (χ4v) is 2.97. The van der Waals surface area contributed by atoms with Gasteiger partial charge in [-0.25, -0.2) is 0 Å². The number of hydrogen-bond acceptors (Lipinski definition) is 3. The zero-order valence-electron chi connectivity index (χ0n) is 9.69. The van der Waals surface area contributed by atoms with Crippen LogP contribution in [-0.2, 0) is 11.3 Å². The molecule has 0 amide bonds. The molecule has 1 aromatic heterocycles. The number of thiophene rings is 1. The summed E-state index contributed by atoms with van der Waals surface area (Å²) < 4.78 is 1.13. The Balaban J connectivity index is 0.00000256. The second-order valence-electron chi connectivity index (χ2n) is 3.82. The summed E-state index contributed by atoms with van der Waals surface area (Å²) in [6.45, 7) is 1.88. The molecule has 1 aromatic rings. The van der Waals surface area contributed by atoms with Crippen LogP contribution in [0.2, 0.25) is 0 Å². The highest BCUT2D eigenvalue weighted by Gasteiger charge is 2.03. The van der Waals surface area contributed by atoms with Gasteiger partial charge in [0.15, 0.2) is 0 Å². The van der Waals surface area contributed by atoms with Gasteiger partial charge in [0.1, 0.15) is 0 Å². The lowest BCUT2D eigenvalue weighted by Gasteiger charge is -2.14. The maximum absolute atomic E-state index is 10.3. The molecule has 0 aliphatic rings. The van der Waals surface area contributed by atoms with Crippen LogP contribution in [0.5, 0.6) is 0 Å². The maximum atomic E-state index is 10.3. The molecule has 98 valence electrons. The first-order chi connectivity index (χ1) is 7.58. The van der Waals surface area contributed by atoms with E-state index in [0.717, 1.165) is 30.4 Å². The summed E-state index contributed by atoms with van der Waals surface area (Å²) in [7, 11) is 2.06. The van der Waals surface area contributed by atoms with Gasteiger partial charge < -0.3 is 10.0 Å². The second kappa shape index (κ2) is 8.91. The Kier molecular flexibility index (Phi) is 8.86. The Morgan fingerprint density at radius 2 is 2.24 bits per heavy atom. The fourth-order valence-electron chi connectivity index (χ4n) is 1.44. The molecule has 17 heavy (non-hydrogen) atoms. The average Bonchev–Trinajstić information content (AvgIpc) is 2.58. The summed E-state index contributed by atoms with van der Waals surface area (Å²) >= 11 is 5.17. The van der Waals surface area contributed by atoms with Gasteiger partial charge in [0, 0.05) is 27.7 Å². The van der Waals surface area contributed by atoms with Gasteiger partial charge in [-0.15, -0.1) is 23.7 Å². The van der Waals surface area contributed by atoms with Crippen LogP contribution in [0.25, 0.3) is 0 Å². The molecule has 1 heterocycles. The van der Waals surface area contributed by atoms with E-state index in [1.807, 2.05) is 0 Å². The van der Waals surface area contributed by atoms with Gasteiger partial charge in [0.05, 0.1) is 0 Å². The first kappa shape index (κ1) is 16.9. The van der Waals surface area contributed by atoms with Crippen molar-refractivity contribution in [2.75, 3.05) is 13.6 Å². The van der Waals surface area contributed by atoms with Crippen molar-refractivity contribution >= 4 is 45.6 Å². The normalized spacial score (nSPS) is 10.3. The van der Waals surface area contributed by atoms with Crippen molar-refractivity contribution in [3.8, 4) is 0 Å². The third-order valence-corrected chi connectivity index (χ3v) is 3.91. The van der Waals surface area contributed by atoms with Crippen LogP contribution in [0.1, 0.15) is 24.1 Å². The highest BCUT2D eigenvalue weighted by molar-refractivity contribution is 9.10. The molecule has 6 heteroatoms. The van der Waals surface area contributed by atoms with Crippen molar-refractivity contribution in [1.29, 1.82) is 0 Å². The Bertz CT molecular complexity index is 346. The van der Waals surface area contributed by atoms with Gasteiger partial charge in [-0.2, -0.15) is 0 Å². The largest absolute Gasteiger partial charge is 0.481 e. The Morgan fingerprint density at radius 3 is 2.76 bits per heavy atom. The van der Waals surface area contributed by atoms with E-state index >= 15 is 0 Å². The molecule has 0 aromatic carbocycles. The minimum atomic E-state index is -0.704. The van der Waals surface area contributed by atoms with Crippen LogP contribution in [0, 0.1) is 0 Å². The van der Waals surface area contributed by atoms with E-state index in [1.165, 1.54) is 4.88 Å². The van der Waals surface area contributed by atoms with E-state index in [4.69, 9.17) is 5.11 Å². The van der Waals surface area contributed by atoms with E-state index in [0.29, 0.717) is 0 Å². The van der Waals surface area contributed by atoms with Gasteiger partial charge in [-0.3, -0.25) is 4.79 Å². The molecule has 0 atom stereocenters. The number of aliphatic carboxylic acids is 1. The molecule has 0 spiro atoms. The van der Waals surface area contributed by atoms with Crippen molar-refractivity contribution in [3.05, 3.63) is 20.8 Å². The lowest BCUT2D eigenvalue weighted by Crippen LogP contribution is -2.18. The minimum Gasteiger partial charge on any atom is -0.481 e. The fraction of sp³-hybridized carbons (Fsp3) is 0.545. The number of carboxylic acid groups (broad SMARTS) is 1. The number of carboxylic acids is 1. The van der Waals surface area contributed by atoms with Crippen LogP contribution >= 0.6 is 39.7 Å². The van der Waals surface area contributed by atoms with Crippen molar-refractivity contribution in [1.82, 2.24) is 4.90 Å². The molecule has 0 saturated heterocycles. The lowest BCUT2D eigenvalue weighted by atomic mass is 10.2. The Morgan fingerprint density at radius 1 is 1.53 bits per heavy atom. The van der Waals surface area contributed by atoms with Crippen molar-refractivity contribution in [2.24, 2.45) is 0 Å². The Labute approximate surface area is 120 Å². The molecule has 1 rings (SSSR count). The predicted molar refractivity (Wildman–Crippen MR) is 77.1 cm³/mol. The van der Waals surface area contributed by atoms with Gasteiger partial charge in [0.25, 0.3) is 0 Å². The number of carbonyl (C=O) groups is 1. The average molecular weight is 343 g/mol. The third kappa shape index (κ3) is 7.76. The van der Waals surface area contributed by atoms with E-state index in [-0.39, 0.29) is 18.8 Å². The topological polar surface area (TPSA) is 40.5 Å². The molecular weight excluding hydrogens is 326 g/mol. The molecule has 3 nitrogen and oxygen atoms in total. The molecule has 0 radical (unpaired) electrons. The van der Waals surface area contributed by atoms with Gasteiger partial charge in [0.2, 0.25) is 0 Å². The third-order valence-electron chi connectivity index (χ3n) is 2.23. The van der Waals surface area contributed by atoms with E-state index in [1.54, 1.807) is 11.3 Å². The number of halogens is 2. The summed E-state index contributed by atoms with van der Waals surface area (Å²) in [4.78, 5) is 13.9. The van der Waals surface area contributed by atoms with Gasteiger partial charge in [-0.05, 0) is 48.4 Å². The molecule has 0 fully saturated rings. The summed E-state index contributed by atoms with van der Waals surface area (Å²) in [6.07, 6.45) is 1.97. The quantitative estimate of drug-likeness (QED) is 0.769. The minimum absolute atomic E-state index is 0. The van der Waals surface area contributed by atoms with Gasteiger partial charge >= 0.3 is 5.97 Å². The monoisotopic (exact) mass is 341 g/mol. The molecule has 0 saturated carbocycles. The zero-order valence-corrected chi connectivity index (χ0v) is 12.9. The molecule has 0 aliphatic carbocycles. The van der Waals surface area contributed by atoms with Crippen molar-refractivity contribution in [2.45, 2.75) is 25.8 Å². The van der Waals surface area contributed by atoms with Crippen LogP contribution in [-0.4, -0.2) is 29.6 Å². The van der Waals surface area contributed by atoms with Crippen LogP contribution in [0.3, 0.4) is 0 Å². The standard InChI is InChI=1S/C11H16BrNO2S.ClH/c1-13(5-3-2-4-11(14)15)7-10-6-9(12)8-16-10;/h6,8H,2-5,7H2,1H3,(H,14,15);1H. The number of nitrogens with zero attached hydrogens (tertiary/aromatic N) is 1. The smallest absolute Gasteiger partial charge is 0.303 e.